The molecular weight excluding hydrogens is 326 g/mol. The minimum atomic E-state index is -0.366. The van der Waals surface area contributed by atoms with E-state index in [1.165, 1.54) is 0 Å². The van der Waals surface area contributed by atoms with Crippen LogP contribution >= 0.6 is 0 Å². The van der Waals surface area contributed by atoms with Crippen LogP contribution < -0.4 is 0 Å². The molecule has 1 aliphatic heterocycles. The number of unbranched alkanes of at least 4 members (excludes halogenated alkanes) is 1. The second-order valence-corrected chi connectivity index (χ2v) is 7.20. The van der Waals surface area contributed by atoms with E-state index in [0.717, 1.165) is 35.0 Å². The quantitative estimate of drug-likeness (QED) is 0.847. The summed E-state index contributed by atoms with van der Waals surface area (Å²) in [4.78, 5) is 34.2. The molecule has 0 bridgehead atoms. The van der Waals surface area contributed by atoms with E-state index in [-0.39, 0.29) is 17.9 Å². The van der Waals surface area contributed by atoms with Crippen LogP contribution in [0.5, 0.6) is 0 Å². The molecule has 1 aromatic heterocycles. The highest BCUT2D eigenvalue weighted by atomic mass is 16.2. The number of rotatable bonds is 4. The highest BCUT2D eigenvalue weighted by Crippen LogP contribution is 2.25. The van der Waals surface area contributed by atoms with Crippen molar-refractivity contribution in [3.8, 4) is 0 Å². The number of hydrogen-bond donors (Lipinski definition) is 0. The van der Waals surface area contributed by atoms with Gasteiger partial charge < -0.3 is 9.80 Å². The van der Waals surface area contributed by atoms with Gasteiger partial charge in [0.15, 0.2) is 0 Å². The Kier molecular flexibility index (Phi) is 5.25. The molecule has 1 unspecified atom stereocenters. The van der Waals surface area contributed by atoms with E-state index in [2.05, 4.69) is 11.9 Å². The maximum atomic E-state index is 13.4. The molecule has 0 N–H and O–H groups in total. The van der Waals surface area contributed by atoms with Crippen LogP contribution in [0.4, 0.5) is 0 Å². The van der Waals surface area contributed by atoms with E-state index in [1.54, 1.807) is 9.80 Å². The number of aryl methyl sites for hydroxylation is 2. The van der Waals surface area contributed by atoms with Gasteiger partial charge in [-0.15, -0.1) is 0 Å². The zero-order chi connectivity index (χ0) is 18.8. The van der Waals surface area contributed by atoms with Crippen molar-refractivity contribution >= 4 is 22.7 Å². The molecule has 5 heteroatoms. The highest BCUT2D eigenvalue weighted by Gasteiger charge is 2.36. The van der Waals surface area contributed by atoms with Gasteiger partial charge in [0.05, 0.1) is 11.1 Å². The summed E-state index contributed by atoms with van der Waals surface area (Å²) < 4.78 is 0. The lowest BCUT2D eigenvalue weighted by atomic mass is 10.00. The number of benzene rings is 1. The number of nitrogens with zero attached hydrogens (tertiary/aromatic N) is 3. The number of aromatic nitrogens is 1. The molecular formula is C21H27N3O2. The fraction of sp³-hybridized carbons (Fsp3) is 0.476. The monoisotopic (exact) mass is 353 g/mol. The smallest absolute Gasteiger partial charge is 0.255 e. The summed E-state index contributed by atoms with van der Waals surface area (Å²) in [6.45, 7) is 7.17. The molecule has 1 aromatic carbocycles. The lowest BCUT2D eigenvalue weighted by Crippen LogP contribution is -2.57. The third-order valence-corrected chi connectivity index (χ3v) is 5.21. The van der Waals surface area contributed by atoms with Crippen molar-refractivity contribution in [1.82, 2.24) is 14.8 Å². The van der Waals surface area contributed by atoms with E-state index < -0.39 is 0 Å². The Bertz CT molecular complexity index is 847. The topological polar surface area (TPSA) is 53.5 Å². The third kappa shape index (κ3) is 3.30. The van der Waals surface area contributed by atoms with E-state index >= 15 is 0 Å². The zero-order valence-electron chi connectivity index (χ0n) is 16.1. The van der Waals surface area contributed by atoms with Crippen molar-refractivity contribution in [2.75, 3.05) is 20.1 Å². The van der Waals surface area contributed by atoms with E-state index in [0.29, 0.717) is 25.1 Å². The van der Waals surface area contributed by atoms with E-state index in [4.69, 9.17) is 0 Å². The zero-order valence-corrected chi connectivity index (χ0v) is 16.1. The molecule has 1 aliphatic rings. The number of carbonyl (C=O) groups excluding carboxylic acids is 2. The van der Waals surface area contributed by atoms with Gasteiger partial charge in [0, 0.05) is 31.2 Å². The summed E-state index contributed by atoms with van der Waals surface area (Å²) in [6, 6.07) is 7.39. The largest absolute Gasteiger partial charge is 0.342 e. The van der Waals surface area contributed by atoms with E-state index in [1.807, 2.05) is 45.2 Å². The summed E-state index contributed by atoms with van der Waals surface area (Å²) in [5, 5.41) is 0.862. The van der Waals surface area contributed by atoms with Crippen LogP contribution in [0.25, 0.3) is 10.9 Å². The minimum absolute atomic E-state index is 0.0457. The molecule has 0 aliphatic carbocycles. The number of hydrogen-bond acceptors (Lipinski definition) is 3. The van der Waals surface area contributed by atoms with Crippen LogP contribution in [0.1, 0.15) is 47.8 Å². The van der Waals surface area contributed by atoms with Crippen LogP contribution in [0.15, 0.2) is 24.3 Å². The van der Waals surface area contributed by atoms with Crippen molar-refractivity contribution < 1.29 is 9.59 Å². The second-order valence-electron chi connectivity index (χ2n) is 7.20. The van der Waals surface area contributed by atoms with Crippen molar-refractivity contribution in [2.45, 2.75) is 46.1 Å². The number of fused-ring (bicyclic) bond motifs is 1. The molecule has 5 nitrogen and oxygen atoms in total. The maximum absolute atomic E-state index is 13.4. The fourth-order valence-electron chi connectivity index (χ4n) is 3.68. The molecule has 138 valence electrons. The Morgan fingerprint density at radius 3 is 2.77 bits per heavy atom. The van der Waals surface area contributed by atoms with Crippen molar-refractivity contribution in [1.29, 1.82) is 0 Å². The van der Waals surface area contributed by atoms with E-state index in [9.17, 15) is 9.59 Å². The molecule has 2 amide bonds. The van der Waals surface area contributed by atoms with Gasteiger partial charge in [0.1, 0.15) is 6.04 Å². The van der Waals surface area contributed by atoms with Gasteiger partial charge in [0.2, 0.25) is 5.91 Å². The Hall–Kier alpha value is -2.43. The molecule has 2 heterocycles. The normalized spacial score (nSPS) is 17.8. The molecule has 0 spiro atoms. The second kappa shape index (κ2) is 7.44. The first-order chi connectivity index (χ1) is 12.4. The molecule has 1 saturated heterocycles. The summed E-state index contributed by atoms with van der Waals surface area (Å²) >= 11 is 0. The summed E-state index contributed by atoms with van der Waals surface area (Å²) in [5.41, 5.74) is 3.38. The van der Waals surface area contributed by atoms with Gasteiger partial charge >= 0.3 is 0 Å². The van der Waals surface area contributed by atoms with Gasteiger partial charge in [0.25, 0.3) is 5.91 Å². The number of pyridine rings is 1. The average molecular weight is 353 g/mol. The average Bonchev–Trinajstić information content (AvgIpc) is 2.62. The molecule has 0 radical (unpaired) electrons. The summed E-state index contributed by atoms with van der Waals surface area (Å²) in [7, 11) is 1.82. The van der Waals surface area contributed by atoms with Crippen molar-refractivity contribution in [3.63, 3.8) is 0 Å². The Balaban J connectivity index is 2.03. The van der Waals surface area contributed by atoms with Crippen LogP contribution in [0.3, 0.4) is 0 Å². The Morgan fingerprint density at radius 1 is 1.27 bits per heavy atom. The van der Waals surface area contributed by atoms with Crippen LogP contribution in [0.2, 0.25) is 0 Å². The fourth-order valence-corrected chi connectivity index (χ4v) is 3.68. The van der Waals surface area contributed by atoms with Gasteiger partial charge in [-0.25, -0.2) is 0 Å². The number of carbonyl (C=O) groups is 2. The molecule has 3 rings (SSSR count). The predicted molar refractivity (Wildman–Crippen MR) is 103 cm³/mol. The van der Waals surface area contributed by atoms with Gasteiger partial charge in [-0.1, -0.05) is 38.0 Å². The van der Waals surface area contributed by atoms with Crippen LogP contribution in [-0.4, -0.2) is 52.8 Å². The molecule has 1 atom stereocenters. The highest BCUT2D eigenvalue weighted by molar-refractivity contribution is 6.08. The van der Waals surface area contributed by atoms with Gasteiger partial charge in [-0.2, -0.15) is 0 Å². The first-order valence-corrected chi connectivity index (χ1v) is 9.37. The Morgan fingerprint density at radius 2 is 2.04 bits per heavy atom. The lowest BCUT2D eigenvalue weighted by molar-refractivity contribution is -0.138. The number of piperazine rings is 1. The Labute approximate surface area is 155 Å². The molecule has 0 saturated carbocycles. The lowest BCUT2D eigenvalue weighted by Gasteiger charge is -2.39. The molecule has 26 heavy (non-hydrogen) atoms. The summed E-state index contributed by atoms with van der Waals surface area (Å²) in [5.74, 6) is -0.0158. The van der Waals surface area contributed by atoms with Crippen LogP contribution in [0, 0.1) is 13.8 Å². The summed E-state index contributed by atoms with van der Waals surface area (Å²) in [6.07, 6.45) is 2.65. The SMILES string of the molecule is CCCCC1C(=O)N(C)CCN1C(=O)c1cc(C)nc2c(C)cccc12. The first kappa shape index (κ1) is 18.4. The van der Waals surface area contributed by atoms with Gasteiger partial charge in [-0.05, 0) is 31.9 Å². The minimum Gasteiger partial charge on any atom is -0.342 e. The van der Waals surface area contributed by atoms with Crippen molar-refractivity contribution in [2.24, 2.45) is 0 Å². The predicted octanol–water partition coefficient (Wildman–Crippen LogP) is 3.32. The molecule has 1 fully saturated rings. The molecule has 2 aromatic rings. The standard InChI is InChI=1S/C21H27N3O2/c1-5-6-10-18-21(26)23(4)11-12-24(18)20(25)17-13-15(3)22-19-14(2)8-7-9-16(17)19/h7-9,13,18H,5-6,10-12H2,1-4H3. The number of likely N-dealkylation sites (N-methyl/N-ethyl adjacent to an activating group) is 1. The first-order valence-electron chi connectivity index (χ1n) is 9.37. The third-order valence-electron chi connectivity index (χ3n) is 5.21. The van der Waals surface area contributed by atoms with Gasteiger partial charge in [-0.3, -0.25) is 14.6 Å². The van der Waals surface area contributed by atoms with Crippen LogP contribution in [-0.2, 0) is 4.79 Å². The van der Waals surface area contributed by atoms with Crippen molar-refractivity contribution in [3.05, 3.63) is 41.1 Å². The maximum Gasteiger partial charge on any atom is 0.255 e. The number of amides is 2. The number of para-hydroxylation sites is 1.